The Morgan fingerprint density at radius 2 is 1.94 bits per heavy atom. The second-order valence-electron chi connectivity index (χ2n) is 4.44. The fraction of sp³-hybridized carbons (Fsp3) is 0.500. The molecule has 0 unspecified atom stereocenters. The number of nitrogens with two attached hydrogens (primary N) is 1. The first kappa shape index (κ1) is 12.6. The van der Waals surface area contributed by atoms with Crippen LogP contribution in [0.2, 0.25) is 0 Å². The minimum atomic E-state index is -0.145. The highest BCUT2D eigenvalue weighted by Gasteiger charge is 2.17. The van der Waals surface area contributed by atoms with Crippen LogP contribution in [0.4, 0.5) is 11.4 Å². The first-order chi connectivity index (χ1) is 7.46. The van der Waals surface area contributed by atoms with Gasteiger partial charge in [0.05, 0.1) is 19.3 Å². The van der Waals surface area contributed by atoms with Crippen LogP contribution in [0, 0.1) is 0 Å². The van der Waals surface area contributed by atoms with Gasteiger partial charge in [0.15, 0.2) is 0 Å². The van der Waals surface area contributed by atoms with E-state index in [4.69, 9.17) is 15.2 Å². The summed E-state index contributed by atoms with van der Waals surface area (Å²) >= 11 is 0. The molecule has 0 spiro atoms. The van der Waals surface area contributed by atoms with E-state index in [1.165, 1.54) is 0 Å². The van der Waals surface area contributed by atoms with Gasteiger partial charge in [-0.3, -0.25) is 0 Å². The lowest BCUT2D eigenvalue weighted by Crippen LogP contribution is -2.35. The maximum atomic E-state index is 5.78. The Bertz CT molecular complexity index is 351. The van der Waals surface area contributed by atoms with Crippen molar-refractivity contribution in [2.45, 2.75) is 19.4 Å². The lowest BCUT2D eigenvalue weighted by molar-refractivity contribution is 0.158. The third kappa shape index (κ3) is 3.62. The molecule has 0 amide bonds. The molecule has 1 aromatic carbocycles. The standard InChI is InChI=1S/C12H20N2O2/c1-12(2,8-15-3)14-10-5-9(13)6-11(7-10)16-4/h5-7,14H,8,13H2,1-4H3. The van der Waals surface area contributed by atoms with Crippen molar-refractivity contribution in [1.29, 1.82) is 0 Å². The maximum Gasteiger partial charge on any atom is 0.122 e. The summed E-state index contributed by atoms with van der Waals surface area (Å²) in [6.07, 6.45) is 0. The zero-order valence-electron chi connectivity index (χ0n) is 10.3. The zero-order chi connectivity index (χ0) is 12.2. The molecule has 0 bridgehead atoms. The Hall–Kier alpha value is -1.42. The molecule has 0 radical (unpaired) electrons. The van der Waals surface area contributed by atoms with Crippen LogP contribution in [0.5, 0.6) is 5.75 Å². The predicted molar refractivity (Wildman–Crippen MR) is 67.0 cm³/mol. The number of rotatable bonds is 5. The van der Waals surface area contributed by atoms with E-state index in [1.54, 1.807) is 20.3 Å². The minimum absolute atomic E-state index is 0.145. The summed E-state index contributed by atoms with van der Waals surface area (Å²) in [7, 11) is 3.31. The third-order valence-corrected chi connectivity index (χ3v) is 2.15. The molecule has 0 fully saturated rings. The van der Waals surface area contributed by atoms with Gasteiger partial charge in [-0.05, 0) is 19.9 Å². The van der Waals surface area contributed by atoms with Gasteiger partial charge in [0.2, 0.25) is 0 Å². The lowest BCUT2D eigenvalue weighted by atomic mass is 10.1. The van der Waals surface area contributed by atoms with E-state index in [-0.39, 0.29) is 5.54 Å². The largest absolute Gasteiger partial charge is 0.497 e. The summed E-state index contributed by atoms with van der Waals surface area (Å²) in [5.41, 5.74) is 7.24. The van der Waals surface area contributed by atoms with Gasteiger partial charge in [-0.15, -0.1) is 0 Å². The van der Waals surface area contributed by atoms with Crippen molar-refractivity contribution in [3.63, 3.8) is 0 Å². The summed E-state index contributed by atoms with van der Waals surface area (Å²) in [5, 5.41) is 3.35. The number of methoxy groups -OCH3 is 2. The van der Waals surface area contributed by atoms with Crippen LogP contribution in [-0.4, -0.2) is 26.4 Å². The SMILES string of the molecule is COCC(C)(C)Nc1cc(N)cc(OC)c1. The number of anilines is 2. The van der Waals surface area contributed by atoms with Crippen LogP contribution in [0.15, 0.2) is 18.2 Å². The Morgan fingerprint density at radius 1 is 1.25 bits per heavy atom. The summed E-state index contributed by atoms with van der Waals surface area (Å²) < 4.78 is 10.3. The second-order valence-corrected chi connectivity index (χ2v) is 4.44. The fourth-order valence-electron chi connectivity index (χ4n) is 1.60. The number of nitrogens with one attached hydrogen (secondary N) is 1. The van der Waals surface area contributed by atoms with E-state index in [0.717, 1.165) is 11.4 Å². The topological polar surface area (TPSA) is 56.5 Å². The van der Waals surface area contributed by atoms with Crippen molar-refractivity contribution in [1.82, 2.24) is 0 Å². The second kappa shape index (κ2) is 5.07. The molecule has 90 valence electrons. The van der Waals surface area contributed by atoms with Gasteiger partial charge in [0.1, 0.15) is 5.75 Å². The van der Waals surface area contributed by atoms with E-state index in [0.29, 0.717) is 12.3 Å². The van der Waals surface area contributed by atoms with Crippen molar-refractivity contribution in [2.75, 3.05) is 31.9 Å². The van der Waals surface area contributed by atoms with Crippen molar-refractivity contribution in [2.24, 2.45) is 0 Å². The average Bonchev–Trinajstić information content (AvgIpc) is 2.15. The van der Waals surface area contributed by atoms with Gasteiger partial charge < -0.3 is 20.5 Å². The van der Waals surface area contributed by atoms with E-state index < -0.39 is 0 Å². The molecule has 0 saturated heterocycles. The summed E-state index contributed by atoms with van der Waals surface area (Å²) in [6, 6.07) is 5.57. The Kier molecular flexibility index (Phi) is 4.01. The molecule has 0 heterocycles. The number of nitrogen functional groups attached to an aromatic ring is 1. The Morgan fingerprint density at radius 3 is 2.50 bits per heavy atom. The summed E-state index contributed by atoms with van der Waals surface area (Å²) in [5.74, 6) is 0.746. The molecule has 0 saturated carbocycles. The van der Waals surface area contributed by atoms with Crippen molar-refractivity contribution in [3.8, 4) is 5.75 Å². The van der Waals surface area contributed by atoms with Crippen molar-refractivity contribution in [3.05, 3.63) is 18.2 Å². The molecule has 0 aliphatic rings. The Labute approximate surface area is 96.7 Å². The number of hydrogen-bond acceptors (Lipinski definition) is 4. The van der Waals surface area contributed by atoms with E-state index in [2.05, 4.69) is 19.2 Å². The van der Waals surface area contributed by atoms with Crippen molar-refractivity contribution >= 4 is 11.4 Å². The number of hydrogen-bond donors (Lipinski definition) is 2. The summed E-state index contributed by atoms with van der Waals surface area (Å²) in [6.45, 7) is 4.74. The molecule has 0 aliphatic heterocycles. The molecular weight excluding hydrogens is 204 g/mol. The van der Waals surface area contributed by atoms with Gasteiger partial charge >= 0.3 is 0 Å². The van der Waals surface area contributed by atoms with Gasteiger partial charge in [0.25, 0.3) is 0 Å². The fourth-order valence-corrected chi connectivity index (χ4v) is 1.60. The van der Waals surface area contributed by atoms with E-state index in [9.17, 15) is 0 Å². The van der Waals surface area contributed by atoms with E-state index >= 15 is 0 Å². The first-order valence-electron chi connectivity index (χ1n) is 5.18. The van der Waals surface area contributed by atoms with Gasteiger partial charge in [-0.1, -0.05) is 0 Å². The molecule has 1 rings (SSSR count). The minimum Gasteiger partial charge on any atom is -0.497 e. The molecule has 0 aliphatic carbocycles. The first-order valence-corrected chi connectivity index (χ1v) is 5.18. The van der Waals surface area contributed by atoms with Crippen LogP contribution >= 0.6 is 0 Å². The Balaban J connectivity index is 2.84. The van der Waals surface area contributed by atoms with Crippen LogP contribution in [0.25, 0.3) is 0 Å². The molecule has 4 nitrogen and oxygen atoms in total. The zero-order valence-corrected chi connectivity index (χ0v) is 10.3. The lowest BCUT2D eigenvalue weighted by Gasteiger charge is -2.27. The summed E-state index contributed by atoms with van der Waals surface area (Å²) in [4.78, 5) is 0. The maximum absolute atomic E-state index is 5.78. The predicted octanol–water partition coefficient (Wildman–Crippen LogP) is 2.11. The van der Waals surface area contributed by atoms with Gasteiger partial charge in [-0.25, -0.2) is 0 Å². The highest BCUT2D eigenvalue weighted by Crippen LogP contribution is 2.24. The molecule has 1 aromatic rings. The van der Waals surface area contributed by atoms with Crippen LogP contribution in [-0.2, 0) is 4.74 Å². The molecular formula is C12H20N2O2. The van der Waals surface area contributed by atoms with Crippen molar-refractivity contribution < 1.29 is 9.47 Å². The van der Waals surface area contributed by atoms with Crippen LogP contribution < -0.4 is 15.8 Å². The smallest absolute Gasteiger partial charge is 0.122 e. The average molecular weight is 224 g/mol. The third-order valence-electron chi connectivity index (χ3n) is 2.15. The van der Waals surface area contributed by atoms with Gasteiger partial charge in [-0.2, -0.15) is 0 Å². The highest BCUT2D eigenvalue weighted by molar-refractivity contribution is 5.60. The van der Waals surface area contributed by atoms with E-state index in [1.807, 2.05) is 12.1 Å². The monoisotopic (exact) mass is 224 g/mol. The molecule has 4 heteroatoms. The highest BCUT2D eigenvalue weighted by atomic mass is 16.5. The van der Waals surface area contributed by atoms with Crippen LogP contribution in [0.3, 0.4) is 0 Å². The van der Waals surface area contributed by atoms with Crippen LogP contribution in [0.1, 0.15) is 13.8 Å². The quantitative estimate of drug-likeness (QED) is 0.752. The van der Waals surface area contributed by atoms with Gasteiger partial charge in [0, 0.05) is 30.6 Å². The molecule has 16 heavy (non-hydrogen) atoms. The number of benzene rings is 1. The molecule has 0 atom stereocenters. The number of ether oxygens (including phenoxy) is 2. The molecule has 0 aromatic heterocycles. The molecule has 3 N–H and O–H groups in total. The normalized spacial score (nSPS) is 11.2.